The summed E-state index contributed by atoms with van der Waals surface area (Å²) in [5, 5.41) is 0.677. The second kappa shape index (κ2) is 7.26. The summed E-state index contributed by atoms with van der Waals surface area (Å²) in [6.45, 7) is 1.61. The second-order valence-electron chi connectivity index (χ2n) is 6.37. The van der Waals surface area contributed by atoms with Gasteiger partial charge in [0.1, 0.15) is 4.87 Å². The number of thioether (sulfide) groups is 1. The van der Waals surface area contributed by atoms with Crippen LogP contribution in [0, 0.1) is 0 Å². The number of para-hydroxylation sites is 1. The van der Waals surface area contributed by atoms with E-state index in [0.717, 1.165) is 21.7 Å². The minimum atomic E-state index is -0.657. The number of rotatable bonds is 3. The minimum absolute atomic E-state index is 0.000103. The van der Waals surface area contributed by atoms with Crippen LogP contribution in [-0.4, -0.2) is 5.91 Å². The summed E-state index contributed by atoms with van der Waals surface area (Å²) in [5.41, 5.74) is 3.03. The Morgan fingerprint density at radius 3 is 2.33 bits per heavy atom. The molecule has 0 aromatic heterocycles. The van der Waals surface area contributed by atoms with Gasteiger partial charge in [-0.15, -0.1) is 0 Å². The molecule has 0 spiro atoms. The molecule has 0 saturated heterocycles. The molecule has 27 heavy (non-hydrogen) atoms. The summed E-state index contributed by atoms with van der Waals surface area (Å²) in [6, 6.07) is 25.9. The molecule has 4 heteroatoms. The molecule has 3 aromatic rings. The number of hydrogen-bond donors (Lipinski definition) is 0. The molecule has 0 saturated carbocycles. The van der Waals surface area contributed by atoms with Crippen molar-refractivity contribution in [1.29, 1.82) is 0 Å². The van der Waals surface area contributed by atoms with Gasteiger partial charge in [0, 0.05) is 16.8 Å². The van der Waals surface area contributed by atoms with Crippen molar-refractivity contribution in [3.8, 4) is 0 Å². The zero-order valence-electron chi connectivity index (χ0n) is 14.8. The Kier molecular flexibility index (Phi) is 4.81. The van der Waals surface area contributed by atoms with Gasteiger partial charge < -0.3 is 0 Å². The van der Waals surface area contributed by atoms with Crippen molar-refractivity contribution in [3.05, 3.63) is 101 Å². The van der Waals surface area contributed by atoms with Crippen molar-refractivity contribution in [2.24, 2.45) is 0 Å². The highest BCUT2D eigenvalue weighted by Crippen LogP contribution is 2.56. The molecule has 4 rings (SSSR count). The van der Waals surface area contributed by atoms with Crippen LogP contribution in [0.1, 0.15) is 18.1 Å². The van der Waals surface area contributed by atoms with Crippen LogP contribution in [0.4, 0.5) is 5.69 Å². The quantitative estimate of drug-likeness (QED) is 0.517. The largest absolute Gasteiger partial charge is 0.288 e. The van der Waals surface area contributed by atoms with E-state index in [4.69, 9.17) is 11.6 Å². The highest BCUT2D eigenvalue weighted by Gasteiger charge is 2.46. The van der Waals surface area contributed by atoms with E-state index in [1.54, 1.807) is 18.7 Å². The van der Waals surface area contributed by atoms with Gasteiger partial charge in [-0.3, -0.25) is 9.69 Å². The lowest BCUT2D eigenvalue weighted by atomic mass is 10.0. The Hall–Kier alpha value is -2.49. The van der Waals surface area contributed by atoms with Crippen LogP contribution in [0.2, 0.25) is 5.02 Å². The molecule has 1 amide bonds. The molecule has 1 unspecified atom stereocenters. The van der Waals surface area contributed by atoms with Gasteiger partial charge in [-0.05, 0) is 41.5 Å². The molecule has 1 aliphatic heterocycles. The number of fused-ring (bicyclic) bond motifs is 1. The monoisotopic (exact) mass is 391 g/mol. The molecule has 3 aromatic carbocycles. The molecule has 1 aliphatic rings. The van der Waals surface area contributed by atoms with E-state index in [9.17, 15) is 4.79 Å². The fourth-order valence-corrected chi connectivity index (χ4v) is 4.96. The lowest BCUT2D eigenvalue weighted by Gasteiger charge is -2.35. The SMILES string of the molecule is CC(=O)N1c2ccccc2SC1(/C=C/c1ccccc1)c1ccc(Cl)cc1. The zero-order valence-corrected chi connectivity index (χ0v) is 16.4. The first-order chi connectivity index (χ1) is 13.1. The van der Waals surface area contributed by atoms with Crippen molar-refractivity contribution in [2.75, 3.05) is 4.90 Å². The highest BCUT2D eigenvalue weighted by molar-refractivity contribution is 8.01. The van der Waals surface area contributed by atoms with E-state index < -0.39 is 4.87 Å². The number of nitrogens with zero attached hydrogens (tertiary/aromatic N) is 1. The third-order valence-corrected chi connectivity index (χ3v) is 6.26. The zero-order chi connectivity index (χ0) is 18.9. The lowest BCUT2D eigenvalue weighted by Crippen LogP contribution is -2.42. The molecule has 0 bridgehead atoms. The summed E-state index contributed by atoms with van der Waals surface area (Å²) in [6.07, 6.45) is 4.18. The fourth-order valence-electron chi connectivity index (χ4n) is 3.38. The molecule has 0 radical (unpaired) electrons. The molecule has 0 N–H and O–H groups in total. The topological polar surface area (TPSA) is 20.3 Å². The van der Waals surface area contributed by atoms with E-state index in [-0.39, 0.29) is 5.91 Å². The van der Waals surface area contributed by atoms with E-state index in [1.165, 1.54) is 0 Å². The molecular weight excluding hydrogens is 374 g/mol. The highest BCUT2D eigenvalue weighted by atomic mass is 35.5. The van der Waals surface area contributed by atoms with E-state index in [0.29, 0.717) is 5.02 Å². The van der Waals surface area contributed by atoms with E-state index in [2.05, 4.69) is 30.4 Å². The first-order valence-electron chi connectivity index (χ1n) is 8.69. The predicted molar refractivity (Wildman–Crippen MR) is 114 cm³/mol. The molecule has 1 atom stereocenters. The van der Waals surface area contributed by atoms with E-state index >= 15 is 0 Å². The summed E-state index contributed by atoms with van der Waals surface area (Å²) in [4.78, 5) is 15.0. The number of benzene rings is 3. The van der Waals surface area contributed by atoms with Gasteiger partial charge in [-0.2, -0.15) is 0 Å². The number of halogens is 1. The van der Waals surface area contributed by atoms with Crippen molar-refractivity contribution in [1.82, 2.24) is 0 Å². The Balaban J connectivity index is 1.90. The number of amides is 1. The van der Waals surface area contributed by atoms with Gasteiger partial charge in [-0.25, -0.2) is 0 Å². The smallest absolute Gasteiger partial charge is 0.225 e. The third kappa shape index (κ3) is 3.29. The van der Waals surface area contributed by atoms with Gasteiger partial charge in [0.25, 0.3) is 0 Å². The van der Waals surface area contributed by atoms with Crippen molar-refractivity contribution >= 4 is 41.0 Å². The maximum absolute atomic E-state index is 12.7. The van der Waals surface area contributed by atoms with Gasteiger partial charge in [-0.1, -0.05) is 84.0 Å². The van der Waals surface area contributed by atoms with Gasteiger partial charge >= 0.3 is 0 Å². The number of carbonyl (C=O) groups is 1. The van der Waals surface area contributed by atoms with Crippen molar-refractivity contribution in [2.45, 2.75) is 16.7 Å². The number of carbonyl (C=O) groups excluding carboxylic acids is 1. The van der Waals surface area contributed by atoms with Crippen molar-refractivity contribution in [3.63, 3.8) is 0 Å². The maximum Gasteiger partial charge on any atom is 0.225 e. The Bertz CT molecular complexity index is 1000. The Labute approximate surface area is 168 Å². The average Bonchev–Trinajstić information content (AvgIpc) is 3.03. The van der Waals surface area contributed by atoms with Crippen LogP contribution in [0.3, 0.4) is 0 Å². The normalized spacial score (nSPS) is 18.7. The van der Waals surface area contributed by atoms with Crippen LogP contribution in [-0.2, 0) is 9.67 Å². The number of anilines is 1. The van der Waals surface area contributed by atoms with Crippen LogP contribution in [0.25, 0.3) is 6.08 Å². The number of hydrogen-bond acceptors (Lipinski definition) is 2. The van der Waals surface area contributed by atoms with Crippen LogP contribution < -0.4 is 4.90 Å². The first kappa shape index (κ1) is 17.9. The fraction of sp³-hybridized carbons (Fsp3) is 0.0870. The molecule has 2 nitrogen and oxygen atoms in total. The minimum Gasteiger partial charge on any atom is -0.288 e. The third-order valence-electron chi connectivity index (χ3n) is 4.58. The predicted octanol–water partition coefficient (Wildman–Crippen LogP) is 6.37. The summed E-state index contributed by atoms with van der Waals surface area (Å²) in [5.74, 6) is 0.000103. The summed E-state index contributed by atoms with van der Waals surface area (Å²) in [7, 11) is 0. The standard InChI is InChI=1S/C23H18ClNOS/c1-17(26)25-21-9-5-6-10-22(21)27-23(25,19-11-13-20(24)14-12-19)16-15-18-7-3-2-4-8-18/h2-16H,1H3/b16-15+. The van der Waals surface area contributed by atoms with Crippen molar-refractivity contribution < 1.29 is 4.79 Å². The maximum atomic E-state index is 12.7. The van der Waals surface area contributed by atoms with Gasteiger partial charge in [0.15, 0.2) is 0 Å². The second-order valence-corrected chi connectivity index (χ2v) is 8.07. The molecular formula is C23H18ClNOS. The average molecular weight is 392 g/mol. The molecule has 0 fully saturated rings. The van der Waals surface area contributed by atoms with Gasteiger partial charge in [0.05, 0.1) is 5.69 Å². The van der Waals surface area contributed by atoms with Crippen LogP contribution in [0.15, 0.2) is 89.8 Å². The summed E-state index contributed by atoms with van der Waals surface area (Å²) >= 11 is 7.79. The van der Waals surface area contributed by atoms with Gasteiger partial charge in [0.2, 0.25) is 5.91 Å². The molecule has 0 aliphatic carbocycles. The van der Waals surface area contributed by atoms with Crippen LogP contribution in [0.5, 0.6) is 0 Å². The Morgan fingerprint density at radius 1 is 0.963 bits per heavy atom. The first-order valence-corrected chi connectivity index (χ1v) is 9.89. The van der Waals surface area contributed by atoms with Crippen LogP contribution >= 0.6 is 23.4 Å². The molecule has 1 heterocycles. The Morgan fingerprint density at radius 2 is 1.63 bits per heavy atom. The molecule has 134 valence electrons. The lowest BCUT2D eigenvalue weighted by molar-refractivity contribution is -0.117. The summed E-state index contributed by atoms with van der Waals surface area (Å²) < 4.78 is 0. The van der Waals surface area contributed by atoms with E-state index in [1.807, 2.05) is 65.6 Å².